The molecule has 0 aliphatic carbocycles. The molecule has 0 spiro atoms. The number of hydrogen-bond acceptors (Lipinski definition) is 4. The second-order valence-electron chi connectivity index (χ2n) is 2.79. The fraction of sp³-hybridized carbons (Fsp3) is 0.444. The van der Waals surface area contributed by atoms with Gasteiger partial charge in [-0.05, 0) is 25.9 Å². The first-order chi connectivity index (χ1) is 7.11. The molecule has 0 radical (unpaired) electrons. The molecular weight excluding hydrogens is 236 g/mol. The van der Waals surface area contributed by atoms with Crippen molar-refractivity contribution in [3.05, 3.63) is 16.9 Å². The number of hydrogen-bond donors (Lipinski definition) is 1. The maximum absolute atomic E-state index is 11.5. The summed E-state index contributed by atoms with van der Waals surface area (Å²) < 4.78 is 9.48. The Labute approximate surface area is 98.1 Å². The van der Waals surface area contributed by atoms with E-state index in [-0.39, 0.29) is 0 Å². The van der Waals surface area contributed by atoms with E-state index >= 15 is 0 Å². The zero-order valence-corrected chi connectivity index (χ0v) is 10.4. The molecule has 0 atom stereocenters. The maximum atomic E-state index is 11.5. The zero-order chi connectivity index (χ0) is 11.4. The molecule has 0 aliphatic rings. The molecule has 0 amide bonds. The monoisotopic (exact) mass is 248 g/mol. The van der Waals surface area contributed by atoms with Crippen molar-refractivity contribution in [1.82, 2.24) is 9.29 Å². The Morgan fingerprint density at radius 2 is 2.40 bits per heavy atom. The van der Waals surface area contributed by atoms with E-state index in [1.54, 1.807) is 31.8 Å². The topological polar surface area (TPSA) is 43.3 Å². The number of carbonyl (C=O) groups excluding carboxylic acids is 1. The van der Waals surface area contributed by atoms with Gasteiger partial charge in [-0.3, -0.25) is 4.72 Å². The fourth-order valence-electron chi connectivity index (χ4n) is 1.18. The highest BCUT2D eigenvalue weighted by atomic mass is 35.5. The van der Waals surface area contributed by atoms with Crippen LogP contribution in [0.1, 0.15) is 17.4 Å². The lowest BCUT2D eigenvalue weighted by Gasteiger charge is -2.03. The van der Waals surface area contributed by atoms with Crippen LogP contribution in [0.2, 0.25) is 5.02 Å². The standard InChI is InChI=1S/C9H13ClN2O2S/c1-4-14-9(13)8-7(10)6(15-11-2)5-12(8)3/h5,11H,4H2,1-3H3. The van der Waals surface area contributed by atoms with Gasteiger partial charge in [0.25, 0.3) is 0 Å². The van der Waals surface area contributed by atoms with E-state index in [1.807, 2.05) is 0 Å². The summed E-state index contributed by atoms with van der Waals surface area (Å²) in [7, 11) is 3.55. The zero-order valence-electron chi connectivity index (χ0n) is 8.83. The van der Waals surface area contributed by atoms with Gasteiger partial charge in [0.05, 0.1) is 16.5 Å². The molecule has 0 aromatic carbocycles. The lowest BCUT2D eigenvalue weighted by Crippen LogP contribution is -2.09. The molecule has 1 heterocycles. The second kappa shape index (κ2) is 5.44. The Hall–Kier alpha value is -0.650. The predicted octanol–water partition coefficient (Wildman–Crippen LogP) is 2.08. The molecule has 1 N–H and O–H groups in total. The van der Waals surface area contributed by atoms with E-state index in [4.69, 9.17) is 16.3 Å². The van der Waals surface area contributed by atoms with Crippen LogP contribution in [0, 0.1) is 0 Å². The molecule has 0 saturated carbocycles. The van der Waals surface area contributed by atoms with Gasteiger partial charge in [0.15, 0.2) is 0 Å². The average molecular weight is 249 g/mol. The van der Waals surface area contributed by atoms with Crippen molar-refractivity contribution < 1.29 is 9.53 Å². The predicted molar refractivity (Wildman–Crippen MR) is 61.3 cm³/mol. The van der Waals surface area contributed by atoms with Gasteiger partial charge >= 0.3 is 5.97 Å². The Morgan fingerprint density at radius 3 is 2.93 bits per heavy atom. The SMILES string of the molecule is CCOC(=O)c1c(Cl)c(SNC)cn1C. The number of ether oxygens (including phenoxy) is 1. The third kappa shape index (κ3) is 2.68. The molecule has 0 fully saturated rings. The highest BCUT2D eigenvalue weighted by Crippen LogP contribution is 2.30. The lowest BCUT2D eigenvalue weighted by molar-refractivity contribution is 0.0515. The number of carbonyl (C=O) groups is 1. The summed E-state index contributed by atoms with van der Waals surface area (Å²) in [5.41, 5.74) is 0.385. The number of aryl methyl sites for hydroxylation is 1. The molecule has 6 heteroatoms. The molecule has 0 aliphatic heterocycles. The molecule has 4 nitrogen and oxygen atoms in total. The average Bonchev–Trinajstić information content (AvgIpc) is 2.43. The summed E-state index contributed by atoms with van der Waals surface area (Å²) in [4.78, 5) is 12.4. The first-order valence-corrected chi connectivity index (χ1v) is 5.66. The summed E-state index contributed by atoms with van der Waals surface area (Å²) in [5, 5.41) is 0.426. The van der Waals surface area contributed by atoms with Crippen molar-refractivity contribution in [2.45, 2.75) is 11.8 Å². The first kappa shape index (κ1) is 12.4. The van der Waals surface area contributed by atoms with Crippen molar-refractivity contribution in [1.29, 1.82) is 0 Å². The summed E-state index contributed by atoms with van der Waals surface area (Å²) in [5.74, 6) is -0.395. The Morgan fingerprint density at radius 1 is 1.73 bits per heavy atom. The molecule has 0 unspecified atom stereocenters. The third-order valence-electron chi connectivity index (χ3n) is 1.77. The summed E-state index contributed by atoms with van der Waals surface area (Å²) in [6, 6.07) is 0. The van der Waals surface area contributed by atoms with Crippen molar-refractivity contribution in [2.75, 3.05) is 13.7 Å². The van der Waals surface area contributed by atoms with Gasteiger partial charge in [0.1, 0.15) is 5.69 Å². The number of aromatic nitrogens is 1. The second-order valence-corrected chi connectivity index (χ2v) is 4.22. The van der Waals surface area contributed by atoms with Crippen molar-refractivity contribution in [3.8, 4) is 0 Å². The van der Waals surface area contributed by atoms with Gasteiger partial charge in [-0.25, -0.2) is 4.79 Å². The molecule has 0 saturated heterocycles. The minimum absolute atomic E-state index is 0.342. The number of rotatable bonds is 4. The fourth-order valence-corrected chi connectivity index (χ4v) is 2.17. The minimum atomic E-state index is -0.395. The smallest absolute Gasteiger partial charge is 0.356 e. The van der Waals surface area contributed by atoms with E-state index in [0.717, 1.165) is 4.90 Å². The summed E-state index contributed by atoms with van der Waals surface area (Å²) in [6.07, 6.45) is 1.79. The van der Waals surface area contributed by atoms with E-state index < -0.39 is 5.97 Å². The Kier molecular flexibility index (Phi) is 4.50. The maximum Gasteiger partial charge on any atom is 0.356 e. The number of esters is 1. The number of nitrogens with one attached hydrogen (secondary N) is 1. The van der Waals surface area contributed by atoms with Crippen molar-refractivity contribution in [2.24, 2.45) is 7.05 Å². The molecule has 15 heavy (non-hydrogen) atoms. The Balaban J connectivity index is 3.02. The summed E-state index contributed by atoms with van der Waals surface area (Å²) >= 11 is 7.42. The van der Waals surface area contributed by atoms with Crippen LogP contribution >= 0.6 is 23.5 Å². The van der Waals surface area contributed by atoms with Crippen LogP contribution in [0.25, 0.3) is 0 Å². The van der Waals surface area contributed by atoms with Crippen molar-refractivity contribution in [3.63, 3.8) is 0 Å². The molecule has 1 aromatic heterocycles. The molecule has 0 bridgehead atoms. The van der Waals surface area contributed by atoms with Crippen LogP contribution in [-0.4, -0.2) is 24.2 Å². The van der Waals surface area contributed by atoms with E-state index in [2.05, 4.69) is 4.72 Å². The highest BCUT2D eigenvalue weighted by molar-refractivity contribution is 7.97. The van der Waals surface area contributed by atoms with Crippen LogP contribution in [0.3, 0.4) is 0 Å². The van der Waals surface area contributed by atoms with E-state index in [0.29, 0.717) is 17.3 Å². The molecule has 84 valence electrons. The van der Waals surface area contributed by atoms with Gasteiger partial charge in [-0.15, -0.1) is 0 Å². The van der Waals surface area contributed by atoms with Crippen LogP contribution in [-0.2, 0) is 11.8 Å². The minimum Gasteiger partial charge on any atom is -0.461 e. The molecule has 1 rings (SSSR count). The van der Waals surface area contributed by atoms with Crippen molar-refractivity contribution >= 4 is 29.5 Å². The first-order valence-electron chi connectivity index (χ1n) is 4.47. The number of nitrogens with zero attached hydrogens (tertiary/aromatic N) is 1. The van der Waals surface area contributed by atoms with Crippen LogP contribution < -0.4 is 4.72 Å². The van der Waals surface area contributed by atoms with Gasteiger partial charge in [-0.1, -0.05) is 11.6 Å². The van der Waals surface area contributed by atoms with Gasteiger partial charge in [0, 0.05) is 13.2 Å². The highest BCUT2D eigenvalue weighted by Gasteiger charge is 2.19. The van der Waals surface area contributed by atoms with Crippen LogP contribution in [0.5, 0.6) is 0 Å². The Bertz CT molecular complexity index is 365. The number of halogens is 1. The largest absolute Gasteiger partial charge is 0.461 e. The van der Waals surface area contributed by atoms with Crippen LogP contribution in [0.15, 0.2) is 11.1 Å². The van der Waals surface area contributed by atoms with E-state index in [1.165, 1.54) is 11.9 Å². The normalized spacial score (nSPS) is 10.4. The quantitative estimate of drug-likeness (QED) is 0.655. The molecular formula is C9H13ClN2O2S. The molecule has 1 aromatic rings. The van der Waals surface area contributed by atoms with Crippen LogP contribution in [0.4, 0.5) is 0 Å². The van der Waals surface area contributed by atoms with Gasteiger partial charge in [-0.2, -0.15) is 0 Å². The summed E-state index contributed by atoms with van der Waals surface area (Å²) in [6.45, 7) is 2.10. The van der Waals surface area contributed by atoms with Gasteiger partial charge < -0.3 is 9.30 Å². The van der Waals surface area contributed by atoms with E-state index in [9.17, 15) is 4.79 Å². The lowest BCUT2D eigenvalue weighted by atomic mass is 10.4. The third-order valence-corrected chi connectivity index (χ3v) is 3.00. The van der Waals surface area contributed by atoms with Gasteiger partial charge in [0.2, 0.25) is 0 Å².